The predicted octanol–water partition coefficient (Wildman–Crippen LogP) is 2.15. The number of hydrogen-bond donors (Lipinski definition) is 1. The average Bonchev–Trinajstić information content (AvgIpc) is 3.63. The summed E-state index contributed by atoms with van der Waals surface area (Å²) in [7, 11) is 0. The highest BCUT2D eigenvalue weighted by Crippen LogP contribution is 2.34. The number of carbonyl (C=O) groups excluding carboxylic acids is 1. The Morgan fingerprint density at radius 2 is 1.88 bits per heavy atom. The van der Waals surface area contributed by atoms with Crippen LogP contribution in [0.5, 0.6) is 11.5 Å². The highest BCUT2D eigenvalue weighted by atomic mass is 16.5. The fourth-order valence-corrected chi connectivity index (χ4v) is 5.80. The predicted molar refractivity (Wildman–Crippen MR) is 148 cm³/mol. The third-order valence-corrected chi connectivity index (χ3v) is 7.97. The number of aromatic hydroxyl groups is 1. The van der Waals surface area contributed by atoms with Crippen molar-refractivity contribution in [2.45, 2.75) is 47.1 Å². The van der Waals surface area contributed by atoms with E-state index in [9.17, 15) is 14.7 Å². The number of benzene rings is 1. The molecule has 5 heterocycles. The van der Waals surface area contributed by atoms with Gasteiger partial charge in [0.2, 0.25) is 5.78 Å². The monoisotopic (exact) mass is 544 g/mol. The zero-order valence-corrected chi connectivity index (χ0v) is 23.1. The highest BCUT2D eigenvalue weighted by molar-refractivity contribution is 5.95. The topological polar surface area (TPSA) is 131 Å². The molecule has 4 aromatic rings. The third kappa shape index (κ3) is 3.97. The molecule has 6 rings (SSSR count). The molecule has 208 valence electrons. The zero-order valence-electron chi connectivity index (χ0n) is 23.1. The summed E-state index contributed by atoms with van der Waals surface area (Å²) < 4.78 is 9.17. The quantitative estimate of drug-likeness (QED) is 0.401. The van der Waals surface area contributed by atoms with Crippen LogP contribution < -0.4 is 15.2 Å². The average molecular weight is 545 g/mol. The van der Waals surface area contributed by atoms with E-state index >= 15 is 0 Å². The molecule has 1 saturated heterocycles. The molecule has 0 aliphatic carbocycles. The first-order valence-electron chi connectivity index (χ1n) is 13.7. The molecule has 0 bridgehead atoms. The Kier molecular flexibility index (Phi) is 6.40. The van der Waals surface area contributed by atoms with Crippen molar-refractivity contribution in [1.82, 2.24) is 34.0 Å². The number of aryl methyl sites for hydroxylation is 2. The Labute approximate surface area is 230 Å². The number of amides is 1. The molecule has 2 aliphatic rings. The maximum absolute atomic E-state index is 14.0. The van der Waals surface area contributed by atoms with E-state index in [1.807, 2.05) is 37.8 Å². The van der Waals surface area contributed by atoms with Crippen molar-refractivity contribution < 1.29 is 14.6 Å². The summed E-state index contributed by atoms with van der Waals surface area (Å²) in [5.41, 5.74) is 4.73. The minimum absolute atomic E-state index is 0.00601. The van der Waals surface area contributed by atoms with Gasteiger partial charge in [-0.15, -0.1) is 5.10 Å². The molecule has 1 aromatic carbocycles. The Morgan fingerprint density at radius 1 is 1.10 bits per heavy atom. The van der Waals surface area contributed by atoms with E-state index in [0.717, 1.165) is 34.6 Å². The van der Waals surface area contributed by atoms with E-state index in [0.29, 0.717) is 68.7 Å². The first-order valence-corrected chi connectivity index (χ1v) is 13.7. The number of anilines is 1. The number of hydrogen-bond acceptors (Lipinski definition) is 9. The van der Waals surface area contributed by atoms with Gasteiger partial charge in [-0.3, -0.25) is 9.59 Å². The van der Waals surface area contributed by atoms with Crippen molar-refractivity contribution in [3.8, 4) is 22.9 Å². The summed E-state index contributed by atoms with van der Waals surface area (Å²) in [6, 6.07) is 3.92. The summed E-state index contributed by atoms with van der Waals surface area (Å²) in [4.78, 5) is 43.5. The number of nitrogens with zero attached hydrogens (tertiary/aromatic N) is 8. The number of piperazine rings is 1. The Morgan fingerprint density at radius 3 is 2.60 bits per heavy atom. The highest BCUT2D eigenvalue weighted by Gasteiger charge is 2.30. The molecule has 1 N–H and O–H groups in total. The van der Waals surface area contributed by atoms with Gasteiger partial charge in [0.1, 0.15) is 17.8 Å². The molecule has 1 amide bonds. The van der Waals surface area contributed by atoms with Crippen molar-refractivity contribution in [3.05, 3.63) is 57.0 Å². The maximum Gasteiger partial charge on any atom is 0.299 e. The van der Waals surface area contributed by atoms with Gasteiger partial charge in [-0.1, -0.05) is 6.92 Å². The number of rotatable bonds is 5. The van der Waals surface area contributed by atoms with Crippen LogP contribution in [0.4, 0.5) is 5.69 Å². The minimum atomic E-state index is -0.351. The van der Waals surface area contributed by atoms with Crippen LogP contribution in [-0.2, 0) is 19.4 Å². The number of fused-ring (bicyclic) bond motifs is 2. The van der Waals surface area contributed by atoms with Crippen molar-refractivity contribution >= 4 is 17.4 Å². The lowest BCUT2D eigenvalue weighted by atomic mass is 10.00. The first kappa shape index (κ1) is 25.8. The molecule has 12 nitrogen and oxygen atoms in total. The van der Waals surface area contributed by atoms with E-state index in [1.54, 1.807) is 11.8 Å². The number of ether oxygens (including phenoxy) is 1. The summed E-state index contributed by atoms with van der Waals surface area (Å²) in [6.07, 6.45) is 2.76. The molecule has 0 radical (unpaired) electrons. The minimum Gasteiger partial charge on any atom is -0.504 e. The van der Waals surface area contributed by atoms with Gasteiger partial charge in [0, 0.05) is 56.0 Å². The van der Waals surface area contributed by atoms with Crippen LogP contribution in [0, 0.1) is 13.8 Å². The second-order valence-electron chi connectivity index (χ2n) is 10.1. The standard InChI is InChI=1S/C28H32N8O4/c1-5-20-23(33-10-12-34(13-11-33)26(38)22-24(37)17(4)29-15-30-22)27(39)36-28(35(20)6-2)31-25(32-36)19-7-8-21-18(16(19)3)9-14-40-21/h7-8,15,37H,5-6,9-14H2,1-4H3. The van der Waals surface area contributed by atoms with Gasteiger partial charge in [0.15, 0.2) is 17.3 Å². The van der Waals surface area contributed by atoms with Gasteiger partial charge in [-0.05, 0) is 44.9 Å². The molecule has 0 saturated carbocycles. The Hall–Kier alpha value is -4.48. The van der Waals surface area contributed by atoms with Crippen molar-refractivity contribution in [2.75, 3.05) is 37.7 Å². The molecule has 40 heavy (non-hydrogen) atoms. The summed E-state index contributed by atoms with van der Waals surface area (Å²) in [5, 5.41) is 15.0. The largest absolute Gasteiger partial charge is 0.504 e. The number of carbonyl (C=O) groups is 1. The molecule has 1 fully saturated rings. The van der Waals surface area contributed by atoms with Gasteiger partial charge in [0.05, 0.1) is 12.3 Å². The van der Waals surface area contributed by atoms with Gasteiger partial charge in [-0.25, -0.2) is 9.97 Å². The molecule has 3 aromatic heterocycles. The van der Waals surface area contributed by atoms with Crippen molar-refractivity contribution in [1.29, 1.82) is 0 Å². The van der Waals surface area contributed by atoms with E-state index in [2.05, 4.69) is 14.5 Å². The molecule has 0 spiro atoms. The second kappa shape index (κ2) is 9.92. The number of aromatic nitrogens is 6. The van der Waals surface area contributed by atoms with Crippen molar-refractivity contribution in [2.24, 2.45) is 0 Å². The maximum atomic E-state index is 14.0. The van der Waals surface area contributed by atoms with Crippen LogP contribution in [0.3, 0.4) is 0 Å². The SMILES string of the molecule is CCc1c(N2CCN(C(=O)c3ncnc(C)c3O)CC2)c(=O)n2nc(-c3ccc4c(c3C)CCO4)nc2n1CC. The van der Waals surface area contributed by atoms with E-state index in [-0.39, 0.29) is 22.9 Å². The van der Waals surface area contributed by atoms with Gasteiger partial charge in [0.25, 0.3) is 11.5 Å². The Bertz CT molecular complexity index is 1700. The molecule has 0 atom stereocenters. The molecular weight excluding hydrogens is 512 g/mol. The normalized spacial score (nSPS) is 15.0. The van der Waals surface area contributed by atoms with Gasteiger partial charge >= 0.3 is 0 Å². The Balaban J connectivity index is 1.36. The lowest BCUT2D eigenvalue weighted by Gasteiger charge is -2.36. The van der Waals surface area contributed by atoms with Crippen LogP contribution in [0.15, 0.2) is 23.3 Å². The van der Waals surface area contributed by atoms with Crippen LogP contribution in [0.25, 0.3) is 17.2 Å². The lowest BCUT2D eigenvalue weighted by molar-refractivity contribution is 0.0736. The van der Waals surface area contributed by atoms with E-state index < -0.39 is 0 Å². The van der Waals surface area contributed by atoms with Crippen LogP contribution >= 0.6 is 0 Å². The van der Waals surface area contributed by atoms with Gasteiger partial charge < -0.3 is 24.2 Å². The smallest absolute Gasteiger partial charge is 0.299 e. The molecule has 2 aliphatic heterocycles. The van der Waals surface area contributed by atoms with Crippen molar-refractivity contribution in [3.63, 3.8) is 0 Å². The molecule has 12 heteroatoms. The summed E-state index contributed by atoms with van der Waals surface area (Å²) in [5.74, 6) is 1.38. The zero-order chi connectivity index (χ0) is 28.1. The molecular formula is C28H32N8O4. The first-order chi connectivity index (χ1) is 19.3. The fourth-order valence-electron chi connectivity index (χ4n) is 5.80. The van der Waals surface area contributed by atoms with Crippen LogP contribution in [0.1, 0.15) is 46.9 Å². The van der Waals surface area contributed by atoms with Crippen LogP contribution in [-0.4, -0.2) is 77.8 Å². The lowest BCUT2D eigenvalue weighted by Crippen LogP contribution is -2.51. The second-order valence-corrected chi connectivity index (χ2v) is 10.1. The third-order valence-electron chi connectivity index (χ3n) is 7.97. The van der Waals surface area contributed by atoms with Gasteiger partial charge in [-0.2, -0.15) is 9.50 Å². The molecule has 0 unspecified atom stereocenters. The fraction of sp³-hybridized carbons (Fsp3) is 0.429. The van der Waals surface area contributed by atoms with E-state index in [4.69, 9.17) is 14.8 Å². The van der Waals surface area contributed by atoms with Crippen LogP contribution in [0.2, 0.25) is 0 Å². The summed E-state index contributed by atoms with van der Waals surface area (Å²) >= 11 is 0. The summed E-state index contributed by atoms with van der Waals surface area (Å²) in [6.45, 7) is 10.7. The van der Waals surface area contributed by atoms with E-state index in [1.165, 1.54) is 10.8 Å².